The van der Waals surface area contributed by atoms with Gasteiger partial charge in [0.1, 0.15) is 0 Å². The zero-order chi connectivity index (χ0) is 31.0. The molecule has 244 valence electrons. The van der Waals surface area contributed by atoms with Gasteiger partial charge in [-0.15, -0.1) is 0 Å². The number of benzene rings is 1. The third kappa shape index (κ3) is 6.08. The van der Waals surface area contributed by atoms with E-state index in [0.717, 1.165) is 45.3 Å². The van der Waals surface area contributed by atoms with Crippen molar-refractivity contribution >= 4 is 34.4 Å². The maximum atomic E-state index is 12.9. The van der Waals surface area contributed by atoms with Crippen LogP contribution in [0.3, 0.4) is 0 Å². The molecule has 16 nitrogen and oxygen atoms in total. The quantitative estimate of drug-likeness (QED) is 0.209. The van der Waals surface area contributed by atoms with Crippen LogP contribution in [0.4, 0.5) is 16.2 Å². The predicted molar refractivity (Wildman–Crippen MR) is 153 cm³/mol. The lowest BCUT2D eigenvalue weighted by Crippen LogP contribution is -2.59. The van der Waals surface area contributed by atoms with Crippen molar-refractivity contribution < 1.29 is 43.1 Å². The minimum Gasteiger partial charge on any atom is -0.449 e. The Balaban J connectivity index is 0.981. The van der Waals surface area contributed by atoms with Gasteiger partial charge < -0.3 is 19.5 Å². The van der Waals surface area contributed by atoms with E-state index >= 15 is 0 Å². The van der Waals surface area contributed by atoms with E-state index in [0.29, 0.717) is 31.6 Å². The van der Waals surface area contributed by atoms with E-state index in [1.807, 2.05) is 0 Å². The lowest BCUT2D eigenvalue weighted by molar-refractivity contribution is -0.389. The highest BCUT2D eigenvalue weighted by molar-refractivity contribution is 5.99. The topological polar surface area (TPSA) is 190 Å². The predicted octanol–water partition coefficient (Wildman–Crippen LogP) is 3.13. The number of morpholine rings is 1. The number of nitro benzene ring substituents is 1. The average Bonchev–Trinajstić information content (AvgIpc) is 3.66. The number of fused-ring (bicyclic) bond motifs is 1. The number of hydrogen-bond donors (Lipinski definition) is 2. The second kappa shape index (κ2) is 12.4. The first-order chi connectivity index (χ1) is 21.8. The maximum Gasteiger partial charge on any atom is 0.411 e. The minimum absolute atomic E-state index is 0.0249. The van der Waals surface area contributed by atoms with Crippen LogP contribution in [0.2, 0.25) is 0 Å². The fourth-order valence-electron chi connectivity index (χ4n) is 8.04. The van der Waals surface area contributed by atoms with Gasteiger partial charge in [-0.3, -0.25) is 25.1 Å². The summed E-state index contributed by atoms with van der Waals surface area (Å²) in [7, 11) is 0. The van der Waals surface area contributed by atoms with Gasteiger partial charge in [0.25, 0.3) is 0 Å². The molecule has 3 heterocycles. The molecule has 8 rings (SSSR count). The molecule has 1 atom stereocenters. The van der Waals surface area contributed by atoms with E-state index in [1.54, 1.807) is 0 Å². The smallest absolute Gasteiger partial charge is 0.411 e. The van der Waals surface area contributed by atoms with Crippen molar-refractivity contribution in [3.63, 3.8) is 0 Å². The van der Waals surface area contributed by atoms with Crippen molar-refractivity contribution in [2.24, 2.45) is 23.7 Å². The van der Waals surface area contributed by atoms with Crippen LogP contribution in [0.5, 0.6) is 0 Å². The lowest BCUT2D eigenvalue weighted by atomic mass is 9.53. The summed E-state index contributed by atoms with van der Waals surface area (Å²) < 4.78 is 22.3. The minimum atomic E-state index is -1.27. The normalized spacial score (nSPS) is 32.3. The molecule has 16 heteroatoms. The Morgan fingerprint density at radius 2 is 1.76 bits per heavy atom. The fraction of sp³-hybridized carbons (Fsp3) is 0.724. The van der Waals surface area contributed by atoms with Crippen LogP contribution in [0.1, 0.15) is 51.4 Å². The number of rotatable bonds is 11. The van der Waals surface area contributed by atoms with Crippen LogP contribution in [-0.2, 0) is 28.8 Å². The molecule has 1 unspecified atom stereocenters. The zero-order valence-corrected chi connectivity index (χ0v) is 24.9. The van der Waals surface area contributed by atoms with Gasteiger partial charge in [-0.2, -0.15) is 9.78 Å². The SMILES string of the molecule is O=C(CCC1(CCOC(=O)Nc2ccc([N+](=O)[O-])c3nonc23)OOC2(O1)C1CC3CC(C1)CC2C3)NCCN1CCOCC1. The lowest BCUT2D eigenvalue weighted by Gasteiger charge is -2.57. The molecule has 1 aromatic carbocycles. The largest absolute Gasteiger partial charge is 0.449 e. The third-order valence-electron chi connectivity index (χ3n) is 10.1. The van der Waals surface area contributed by atoms with Gasteiger partial charge in [0.2, 0.25) is 23.0 Å². The molecule has 6 aliphatic rings. The number of hydrogen-bond acceptors (Lipinski definition) is 13. The Morgan fingerprint density at radius 3 is 2.49 bits per heavy atom. The summed E-state index contributed by atoms with van der Waals surface area (Å²) in [4.78, 5) is 50.7. The summed E-state index contributed by atoms with van der Waals surface area (Å²) in [5.74, 6) is -0.417. The van der Waals surface area contributed by atoms with Crippen LogP contribution in [0, 0.1) is 33.8 Å². The molecule has 2 saturated heterocycles. The number of aromatic nitrogens is 2. The summed E-state index contributed by atoms with van der Waals surface area (Å²) in [5.41, 5.74) is -0.219. The van der Waals surface area contributed by atoms with E-state index < -0.39 is 22.6 Å². The maximum absolute atomic E-state index is 12.9. The highest BCUT2D eigenvalue weighted by atomic mass is 17.3. The standard InChI is InChI=1S/C29H38N6O10/c36-24(30-6-7-34-8-11-40-12-9-34)3-4-28(42-29(44-43-28)20-14-18-13-19(16-20)17-21(29)15-18)5-10-41-27(37)31-22-1-2-23(35(38)39)26-25(22)32-45-33-26/h1-2,18-21H,3-17H2,(H,30,36)(H,31,37). The first-order valence-corrected chi connectivity index (χ1v) is 15.8. The molecular weight excluding hydrogens is 592 g/mol. The van der Waals surface area contributed by atoms with Gasteiger partial charge >= 0.3 is 11.8 Å². The zero-order valence-electron chi connectivity index (χ0n) is 24.9. The van der Waals surface area contributed by atoms with Crippen molar-refractivity contribution in [2.45, 2.75) is 62.9 Å². The van der Waals surface area contributed by atoms with E-state index in [-0.39, 0.29) is 66.0 Å². The number of carbonyl (C=O) groups is 2. The van der Waals surface area contributed by atoms with E-state index in [9.17, 15) is 19.7 Å². The molecule has 4 saturated carbocycles. The number of nitrogens with zero attached hydrogens (tertiary/aromatic N) is 4. The summed E-state index contributed by atoms with van der Waals surface area (Å²) in [6, 6.07) is 2.53. The number of amides is 2. The third-order valence-corrected chi connectivity index (χ3v) is 10.1. The summed E-state index contributed by atoms with van der Waals surface area (Å²) in [6.45, 7) is 4.28. The molecule has 4 aliphatic carbocycles. The fourth-order valence-corrected chi connectivity index (χ4v) is 8.04. The number of nitrogens with one attached hydrogen (secondary N) is 2. The molecule has 0 radical (unpaired) electrons. The van der Waals surface area contributed by atoms with Crippen LogP contribution in [0.15, 0.2) is 16.8 Å². The monoisotopic (exact) mass is 630 g/mol. The molecule has 2 aliphatic heterocycles. The van der Waals surface area contributed by atoms with Gasteiger partial charge in [-0.1, -0.05) is 0 Å². The molecule has 1 aromatic heterocycles. The summed E-state index contributed by atoms with van der Waals surface area (Å²) in [5, 5.41) is 24.1. The van der Waals surface area contributed by atoms with E-state index in [4.69, 9.17) is 24.0 Å². The Morgan fingerprint density at radius 1 is 1.02 bits per heavy atom. The summed E-state index contributed by atoms with van der Waals surface area (Å²) >= 11 is 0. The van der Waals surface area contributed by atoms with Gasteiger partial charge in [0.05, 0.1) is 30.4 Å². The summed E-state index contributed by atoms with van der Waals surface area (Å²) in [6.07, 6.45) is 5.11. The van der Waals surface area contributed by atoms with Crippen molar-refractivity contribution in [3.8, 4) is 0 Å². The number of ether oxygens (including phenoxy) is 3. The van der Waals surface area contributed by atoms with Gasteiger partial charge in [0.15, 0.2) is 5.52 Å². The molecule has 6 fully saturated rings. The Bertz CT molecular complexity index is 1400. The van der Waals surface area contributed by atoms with Gasteiger partial charge in [-0.25, -0.2) is 9.42 Å². The van der Waals surface area contributed by atoms with Crippen LogP contribution in [-0.4, -0.2) is 89.7 Å². The molecule has 2 aromatic rings. The average molecular weight is 631 g/mol. The van der Waals surface area contributed by atoms with Crippen molar-refractivity contribution in [1.82, 2.24) is 20.5 Å². The molecule has 1 spiro atoms. The molecule has 2 N–H and O–H groups in total. The number of anilines is 1. The first kappa shape index (κ1) is 30.2. The Hall–Kier alpha value is -3.44. The number of nitro groups is 1. The second-order valence-corrected chi connectivity index (χ2v) is 12.9. The molecule has 45 heavy (non-hydrogen) atoms. The van der Waals surface area contributed by atoms with Gasteiger partial charge in [0, 0.05) is 63.3 Å². The first-order valence-electron chi connectivity index (χ1n) is 15.8. The Labute approximate surface area is 258 Å². The van der Waals surface area contributed by atoms with E-state index in [2.05, 4.69) is 30.5 Å². The number of non-ortho nitro benzene ring substituents is 1. The van der Waals surface area contributed by atoms with Crippen LogP contribution < -0.4 is 10.6 Å². The second-order valence-electron chi connectivity index (χ2n) is 12.9. The van der Waals surface area contributed by atoms with Crippen molar-refractivity contribution in [1.29, 1.82) is 0 Å². The molecular formula is C29H38N6O10. The highest BCUT2D eigenvalue weighted by Gasteiger charge is 2.66. The van der Waals surface area contributed by atoms with Crippen molar-refractivity contribution in [2.75, 3.05) is 51.3 Å². The Kier molecular flexibility index (Phi) is 8.33. The molecule has 4 bridgehead atoms. The van der Waals surface area contributed by atoms with E-state index in [1.165, 1.54) is 18.6 Å². The van der Waals surface area contributed by atoms with Crippen LogP contribution in [0.25, 0.3) is 11.0 Å². The van der Waals surface area contributed by atoms with Gasteiger partial charge in [-0.05, 0) is 60.3 Å². The number of carbonyl (C=O) groups excluding carboxylic acids is 2. The highest BCUT2D eigenvalue weighted by Crippen LogP contribution is 2.63. The van der Waals surface area contributed by atoms with Crippen molar-refractivity contribution in [3.05, 3.63) is 22.2 Å². The molecule has 2 amide bonds. The van der Waals surface area contributed by atoms with Crippen LogP contribution >= 0.6 is 0 Å².